The first-order valence-corrected chi connectivity index (χ1v) is 10.3. The molecule has 2 aromatic carbocycles. The smallest absolute Gasteiger partial charge is 0.247 e. The first-order chi connectivity index (χ1) is 14.0. The normalized spacial score (nSPS) is 15.0. The summed E-state index contributed by atoms with van der Waals surface area (Å²) in [5.41, 5.74) is 2.45. The first kappa shape index (κ1) is 19.5. The molecule has 0 spiro atoms. The number of carbonyl (C=O) groups excluding carboxylic acids is 1. The number of fused-ring (bicyclic) bond motifs is 3. The van der Waals surface area contributed by atoms with Crippen molar-refractivity contribution in [3.8, 4) is 22.9 Å². The van der Waals surface area contributed by atoms with Crippen LogP contribution in [0.15, 0.2) is 47.6 Å². The van der Waals surface area contributed by atoms with Crippen molar-refractivity contribution in [2.24, 2.45) is 0 Å². The van der Waals surface area contributed by atoms with Crippen molar-refractivity contribution in [3.05, 3.63) is 53.1 Å². The second kappa shape index (κ2) is 7.88. The summed E-state index contributed by atoms with van der Waals surface area (Å²) >= 11 is 7.59. The molecule has 148 valence electrons. The quantitative estimate of drug-likeness (QED) is 0.573. The molecule has 0 saturated carbocycles. The van der Waals surface area contributed by atoms with Crippen molar-refractivity contribution in [2.75, 3.05) is 18.3 Å². The van der Waals surface area contributed by atoms with E-state index >= 15 is 0 Å². The third-order valence-electron chi connectivity index (χ3n) is 4.49. The van der Waals surface area contributed by atoms with E-state index in [0.717, 1.165) is 5.56 Å². The number of rotatable bonds is 3. The van der Waals surface area contributed by atoms with Crippen LogP contribution < -0.4 is 14.4 Å². The Kier molecular flexibility index (Phi) is 5.29. The summed E-state index contributed by atoms with van der Waals surface area (Å²) in [6, 6.07) is 12.6. The summed E-state index contributed by atoms with van der Waals surface area (Å²) < 4.78 is 11.5. The van der Waals surface area contributed by atoms with Crippen LogP contribution in [-0.4, -0.2) is 34.5 Å². The zero-order valence-electron chi connectivity index (χ0n) is 15.9. The minimum Gasteiger partial charge on any atom is -0.497 e. The second-order valence-electron chi connectivity index (χ2n) is 6.25. The molecule has 0 aliphatic carbocycles. The van der Waals surface area contributed by atoms with E-state index in [9.17, 15) is 4.79 Å². The number of methoxy groups -OCH3 is 1. The number of hydrogen-bond acceptors (Lipinski definition) is 7. The molecular weight excluding hydrogens is 412 g/mol. The van der Waals surface area contributed by atoms with Crippen molar-refractivity contribution in [1.29, 1.82) is 0 Å². The van der Waals surface area contributed by atoms with Crippen LogP contribution in [0.3, 0.4) is 0 Å². The lowest BCUT2D eigenvalue weighted by Crippen LogP contribution is -2.36. The Balaban J connectivity index is 1.95. The highest BCUT2D eigenvalue weighted by Crippen LogP contribution is 2.44. The van der Waals surface area contributed by atoms with Gasteiger partial charge in [-0.25, -0.2) is 0 Å². The molecule has 4 rings (SSSR count). The highest BCUT2D eigenvalue weighted by Gasteiger charge is 2.34. The zero-order chi connectivity index (χ0) is 20.5. The van der Waals surface area contributed by atoms with Crippen molar-refractivity contribution < 1.29 is 14.3 Å². The third-order valence-corrected chi connectivity index (χ3v) is 5.26. The van der Waals surface area contributed by atoms with Gasteiger partial charge < -0.3 is 9.47 Å². The van der Waals surface area contributed by atoms with Gasteiger partial charge in [-0.2, -0.15) is 4.98 Å². The fourth-order valence-electron chi connectivity index (χ4n) is 3.15. The van der Waals surface area contributed by atoms with Gasteiger partial charge in [-0.15, -0.1) is 10.2 Å². The zero-order valence-corrected chi connectivity index (χ0v) is 17.5. The highest BCUT2D eigenvalue weighted by molar-refractivity contribution is 7.98. The lowest BCUT2D eigenvalue weighted by Gasteiger charge is -2.30. The number of aromatic nitrogens is 3. The molecule has 1 amide bonds. The Morgan fingerprint density at radius 1 is 1.21 bits per heavy atom. The van der Waals surface area contributed by atoms with Crippen LogP contribution in [0.5, 0.6) is 11.6 Å². The summed E-state index contributed by atoms with van der Waals surface area (Å²) in [6.07, 6.45) is 1.11. The minimum atomic E-state index is -0.744. The Labute approximate surface area is 177 Å². The van der Waals surface area contributed by atoms with Crippen LogP contribution in [0.25, 0.3) is 11.3 Å². The first-order valence-electron chi connectivity index (χ1n) is 8.71. The Bertz CT molecular complexity index is 1080. The topological polar surface area (TPSA) is 77.4 Å². The molecule has 0 bridgehead atoms. The molecule has 0 radical (unpaired) electrons. The van der Waals surface area contributed by atoms with Gasteiger partial charge in [0.25, 0.3) is 0 Å². The number of hydrogen-bond donors (Lipinski definition) is 0. The number of amides is 1. The van der Waals surface area contributed by atoms with Crippen molar-refractivity contribution >= 4 is 35.0 Å². The maximum atomic E-state index is 12.7. The summed E-state index contributed by atoms with van der Waals surface area (Å²) in [6.45, 7) is 1.49. The van der Waals surface area contributed by atoms with E-state index < -0.39 is 6.23 Å². The molecule has 9 heteroatoms. The molecule has 29 heavy (non-hydrogen) atoms. The Hall–Kier alpha value is -2.84. The molecule has 1 atom stereocenters. The van der Waals surface area contributed by atoms with E-state index in [1.54, 1.807) is 30.2 Å². The number of anilines is 1. The lowest BCUT2D eigenvalue weighted by atomic mass is 10.1. The van der Waals surface area contributed by atoms with Crippen molar-refractivity contribution in [2.45, 2.75) is 18.3 Å². The van der Waals surface area contributed by atoms with Crippen LogP contribution in [0.4, 0.5) is 5.69 Å². The molecule has 0 unspecified atom stereocenters. The number of ether oxygens (including phenoxy) is 2. The van der Waals surface area contributed by atoms with Crippen LogP contribution in [0, 0.1) is 0 Å². The summed E-state index contributed by atoms with van der Waals surface area (Å²) in [5, 5.41) is 9.42. The molecule has 0 saturated heterocycles. The second-order valence-corrected chi connectivity index (χ2v) is 7.46. The maximum Gasteiger partial charge on any atom is 0.247 e. The fraction of sp³-hybridized carbons (Fsp3) is 0.200. The number of carbonyl (C=O) groups is 1. The fourth-order valence-corrected chi connectivity index (χ4v) is 3.62. The van der Waals surface area contributed by atoms with Gasteiger partial charge in [0, 0.05) is 23.1 Å². The molecule has 2 heterocycles. The largest absolute Gasteiger partial charge is 0.497 e. The van der Waals surface area contributed by atoms with Crippen LogP contribution >= 0.6 is 23.4 Å². The van der Waals surface area contributed by atoms with Crippen LogP contribution in [0.2, 0.25) is 5.02 Å². The van der Waals surface area contributed by atoms with E-state index in [0.29, 0.717) is 32.9 Å². The highest BCUT2D eigenvalue weighted by atomic mass is 35.5. The summed E-state index contributed by atoms with van der Waals surface area (Å²) in [7, 11) is 1.60. The van der Waals surface area contributed by atoms with Crippen molar-refractivity contribution in [1.82, 2.24) is 15.2 Å². The Morgan fingerprint density at radius 3 is 2.62 bits per heavy atom. The van der Waals surface area contributed by atoms with Crippen molar-refractivity contribution in [3.63, 3.8) is 0 Å². The van der Waals surface area contributed by atoms with Gasteiger partial charge in [-0.05, 0) is 48.7 Å². The standard InChI is InChI=1S/C20H17ClN4O3S/c1-11(26)25-16-9-6-13(21)10-15(16)17-18(22-20(29-3)24-23-17)28-19(25)12-4-7-14(27-2)8-5-12/h4-10,19H,1-3H3/t19-/m0/s1. The number of benzene rings is 2. The van der Waals surface area contributed by atoms with Gasteiger partial charge in [0.05, 0.1) is 12.8 Å². The van der Waals surface area contributed by atoms with E-state index in [1.807, 2.05) is 30.5 Å². The number of nitrogens with zero attached hydrogens (tertiary/aromatic N) is 4. The summed E-state index contributed by atoms with van der Waals surface area (Å²) in [5.74, 6) is 0.802. The number of thioether (sulfide) groups is 1. The van der Waals surface area contributed by atoms with E-state index in [-0.39, 0.29) is 11.8 Å². The summed E-state index contributed by atoms with van der Waals surface area (Å²) in [4.78, 5) is 18.8. The SMILES string of the molecule is COc1ccc([C@@H]2Oc3nc(SC)nnc3-c3cc(Cl)ccc3N2C(C)=O)cc1. The maximum absolute atomic E-state index is 12.7. The minimum absolute atomic E-state index is 0.194. The predicted molar refractivity (Wildman–Crippen MR) is 112 cm³/mol. The third kappa shape index (κ3) is 3.61. The molecular formula is C20H17ClN4O3S. The molecule has 1 aliphatic rings. The van der Waals surface area contributed by atoms with Crippen LogP contribution in [0.1, 0.15) is 18.7 Å². The lowest BCUT2D eigenvalue weighted by molar-refractivity contribution is -0.118. The number of halogens is 1. The molecule has 1 aromatic heterocycles. The molecule has 7 nitrogen and oxygen atoms in total. The average molecular weight is 429 g/mol. The van der Waals surface area contributed by atoms with Gasteiger partial charge in [0.1, 0.15) is 5.75 Å². The van der Waals surface area contributed by atoms with E-state index in [1.165, 1.54) is 18.7 Å². The monoisotopic (exact) mass is 428 g/mol. The molecule has 0 fully saturated rings. The van der Waals surface area contributed by atoms with Crippen LogP contribution in [-0.2, 0) is 4.79 Å². The van der Waals surface area contributed by atoms with E-state index in [4.69, 9.17) is 21.1 Å². The molecule has 3 aromatic rings. The van der Waals surface area contributed by atoms with Gasteiger partial charge in [-0.3, -0.25) is 9.69 Å². The van der Waals surface area contributed by atoms with Gasteiger partial charge in [0.15, 0.2) is 5.69 Å². The Morgan fingerprint density at radius 2 is 1.97 bits per heavy atom. The molecule has 0 N–H and O–H groups in total. The predicted octanol–water partition coefficient (Wildman–Crippen LogP) is 4.37. The molecule has 1 aliphatic heterocycles. The van der Waals surface area contributed by atoms with Gasteiger partial charge in [-0.1, -0.05) is 23.4 Å². The average Bonchev–Trinajstić information content (AvgIpc) is 2.87. The van der Waals surface area contributed by atoms with Gasteiger partial charge >= 0.3 is 0 Å². The van der Waals surface area contributed by atoms with Gasteiger partial charge in [0.2, 0.25) is 23.2 Å². The van der Waals surface area contributed by atoms with E-state index in [2.05, 4.69) is 15.2 Å².